The van der Waals surface area contributed by atoms with E-state index < -0.39 is 18.6 Å². The number of morpholine rings is 1. The van der Waals surface area contributed by atoms with Gasteiger partial charge < -0.3 is 14.5 Å². The van der Waals surface area contributed by atoms with E-state index in [2.05, 4.69) is 0 Å². The van der Waals surface area contributed by atoms with Crippen molar-refractivity contribution < 1.29 is 23.1 Å². The second-order valence-electron chi connectivity index (χ2n) is 6.70. The zero-order chi connectivity index (χ0) is 16.4. The average molecular weight is 330 g/mol. The second kappa shape index (κ2) is 7.11. The fraction of sp³-hybridized carbons (Fsp3) is 0.875. The van der Waals surface area contributed by atoms with E-state index in [0.29, 0.717) is 19.5 Å². The highest BCUT2D eigenvalue weighted by Gasteiger charge is 2.41. The molecular formula is C16H24F2N2O3. The van der Waals surface area contributed by atoms with Crippen LogP contribution < -0.4 is 0 Å². The third-order valence-electron chi connectivity index (χ3n) is 5.21. The molecule has 0 N–H and O–H groups in total. The lowest BCUT2D eigenvalue weighted by Gasteiger charge is -2.36. The molecule has 2 aliphatic heterocycles. The molecule has 23 heavy (non-hydrogen) atoms. The van der Waals surface area contributed by atoms with Crippen molar-refractivity contribution in [2.24, 2.45) is 5.92 Å². The van der Waals surface area contributed by atoms with Gasteiger partial charge in [-0.2, -0.15) is 0 Å². The summed E-state index contributed by atoms with van der Waals surface area (Å²) in [5, 5.41) is 0. The number of nitrogens with zero attached hydrogens (tertiary/aromatic N) is 2. The summed E-state index contributed by atoms with van der Waals surface area (Å²) < 4.78 is 30.6. The van der Waals surface area contributed by atoms with E-state index in [1.165, 1.54) is 4.90 Å². The summed E-state index contributed by atoms with van der Waals surface area (Å²) in [5.74, 6) is -0.0679. The predicted octanol–water partition coefficient (Wildman–Crippen LogP) is 1.66. The van der Waals surface area contributed by atoms with Crippen molar-refractivity contribution >= 4 is 11.8 Å². The summed E-state index contributed by atoms with van der Waals surface area (Å²) in [5.41, 5.74) is 0. The third-order valence-corrected chi connectivity index (χ3v) is 5.21. The Morgan fingerprint density at radius 3 is 2.43 bits per heavy atom. The molecule has 2 saturated heterocycles. The Bertz CT molecular complexity index is 455. The summed E-state index contributed by atoms with van der Waals surface area (Å²) >= 11 is 0. The van der Waals surface area contributed by atoms with Crippen LogP contribution in [0.4, 0.5) is 8.78 Å². The van der Waals surface area contributed by atoms with Gasteiger partial charge in [-0.15, -0.1) is 0 Å². The van der Waals surface area contributed by atoms with Gasteiger partial charge >= 0.3 is 0 Å². The molecule has 0 aromatic rings. The molecule has 7 heteroatoms. The van der Waals surface area contributed by atoms with Crippen molar-refractivity contribution in [3.8, 4) is 0 Å². The van der Waals surface area contributed by atoms with Crippen LogP contribution in [-0.2, 0) is 14.3 Å². The molecule has 3 rings (SSSR count). The van der Waals surface area contributed by atoms with E-state index in [1.54, 1.807) is 4.90 Å². The van der Waals surface area contributed by atoms with Crippen LogP contribution >= 0.6 is 0 Å². The number of hydrogen-bond acceptors (Lipinski definition) is 3. The molecule has 0 radical (unpaired) electrons. The van der Waals surface area contributed by atoms with E-state index in [1.807, 2.05) is 0 Å². The lowest BCUT2D eigenvalue weighted by molar-refractivity contribution is -0.155. The van der Waals surface area contributed by atoms with Crippen LogP contribution in [0.15, 0.2) is 0 Å². The fourth-order valence-electron chi connectivity index (χ4n) is 3.93. The first-order valence-corrected chi connectivity index (χ1v) is 8.57. The van der Waals surface area contributed by atoms with Crippen LogP contribution in [0.25, 0.3) is 0 Å². The highest BCUT2D eigenvalue weighted by Crippen LogP contribution is 2.30. The van der Waals surface area contributed by atoms with Gasteiger partial charge in [0.05, 0.1) is 13.2 Å². The zero-order valence-corrected chi connectivity index (χ0v) is 13.3. The molecule has 0 aromatic heterocycles. The minimum atomic E-state index is -2.59. The Kier molecular flexibility index (Phi) is 5.14. The molecular weight excluding hydrogens is 306 g/mol. The Balaban J connectivity index is 1.64. The van der Waals surface area contributed by atoms with Crippen LogP contribution in [0.1, 0.15) is 38.5 Å². The number of ether oxygens (including phenoxy) is 1. The third kappa shape index (κ3) is 3.49. The van der Waals surface area contributed by atoms with Crippen molar-refractivity contribution in [1.82, 2.24) is 9.80 Å². The van der Waals surface area contributed by atoms with Gasteiger partial charge in [-0.05, 0) is 25.7 Å². The summed E-state index contributed by atoms with van der Waals surface area (Å²) in [6, 6.07) is -0.473. The Morgan fingerprint density at radius 1 is 1.00 bits per heavy atom. The van der Waals surface area contributed by atoms with E-state index in [9.17, 15) is 18.4 Å². The first-order valence-electron chi connectivity index (χ1n) is 8.57. The van der Waals surface area contributed by atoms with Gasteiger partial charge in [0.15, 0.2) is 0 Å². The van der Waals surface area contributed by atoms with Crippen molar-refractivity contribution in [2.45, 2.75) is 57.1 Å². The maximum atomic E-state index is 12.8. The van der Waals surface area contributed by atoms with Crippen LogP contribution in [0.3, 0.4) is 0 Å². The molecule has 2 atom stereocenters. The SMILES string of the molecule is O=C([C@@H]1CCCN1C(=O)C1CCCC1)N1CCO[C@H](C(F)F)C1. The number of carbonyl (C=O) groups excluding carboxylic acids is 2. The normalized spacial score (nSPS) is 29.5. The molecule has 2 heterocycles. The zero-order valence-electron chi connectivity index (χ0n) is 13.3. The van der Waals surface area contributed by atoms with Crippen LogP contribution in [0.2, 0.25) is 0 Å². The number of carbonyl (C=O) groups is 2. The standard InChI is InChI=1S/C16H24F2N2O3/c17-14(18)13-10-19(8-9-23-13)16(22)12-6-3-7-20(12)15(21)11-4-1-2-5-11/h11-14H,1-10H2/t12-,13-/m0/s1. The van der Waals surface area contributed by atoms with E-state index in [-0.39, 0.29) is 30.9 Å². The number of rotatable bonds is 3. The molecule has 1 saturated carbocycles. The highest BCUT2D eigenvalue weighted by atomic mass is 19.3. The van der Waals surface area contributed by atoms with E-state index in [0.717, 1.165) is 32.1 Å². The summed E-state index contributed by atoms with van der Waals surface area (Å²) in [6.07, 6.45) is 1.58. The van der Waals surface area contributed by atoms with E-state index in [4.69, 9.17) is 4.74 Å². The molecule has 0 spiro atoms. The number of likely N-dealkylation sites (tertiary alicyclic amines) is 1. The van der Waals surface area contributed by atoms with Crippen molar-refractivity contribution in [2.75, 3.05) is 26.2 Å². The molecule has 0 aromatic carbocycles. The van der Waals surface area contributed by atoms with Gasteiger partial charge in [0, 0.05) is 19.0 Å². The first-order chi connectivity index (χ1) is 11.1. The monoisotopic (exact) mass is 330 g/mol. The quantitative estimate of drug-likeness (QED) is 0.791. The van der Waals surface area contributed by atoms with Gasteiger partial charge in [-0.25, -0.2) is 8.78 Å². The van der Waals surface area contributed by atoms with Gasteiger partial charge in [-0.1, -0.05) is 12.8 Å². The summed E-state index contributed by atoms with van der Waals surface area (Å²) in [6.45, 7) is 0.973. The fourth-order valence-corrected chi connectivity index (χ4v) is 3.93. The summed E-state index contributed by atoms with van der Waals surface area (Å²) in [7, 11) is 0. The van der Waals surface area contributed by atoms with Crippen LogP contribution in [0, 0.1) is 5.92 Å². The van der Waals surface area contributed by atoms with Gasteiger partial charge in [-0.3, -0.25) is 9.59 Å². The Hall–Kier alpha value is -1.24. The van der Waals surface area contributed by atoms with Crippen LogP contribution in [0.5, 0.6) is 0 Å². The number of hydrogen-bond donors (Lipinski definition) is 0. The average Bonchev–Trinajstić information content (AvgIpc) is 3.25. The number of halogens is 2. The Labute approximate surface area is 134 Å². The first kappa shape index (κ1) is 16.6. The highest BCUT2D eigenvalue weighted by molar-refractivity contribution is 5.89. The molecule has 3 fully saturated rings. The van der Waals surface area contributed by atoms with Crippen molar-refractivity contribution in [1.29, 1.82) is 0 Å². The molecule has 1 aliphatic carbocycles. The molecule has 130 valence electrons. The smallest absolute Gasteiger partial charge is 0.266 e. The number of alkyl halides is 2. The maximum absolute atomic E-state index is 12.8. The van der Waals surface area contributed by atoms with Gasteiger partial charge in [0.1, 0.15) is 12.1 Å². The van der Waals surface area contributed by atoms with Crippen molar-refractivity contribution in [3.63, 3.8) is 0 Å². The lowest BCUT2D eigenvalue weighted by atomic mass is 10.1. The minimum absolute atomic E-state index is 0.0434. The molecule has 0 bridgehead atoms. The lowest BCUT2D eigenvalue weighted by Crippen LogP contribution is -2.54. The van der Waals surface area contributed by atoms with Crippen LogP contribution in [-0.4, -0.2) is 66.4 Å². The molecule has 2 amide bonds. The topological polar surface area (TPSA) is 49.9 Å². The molecule has 3 aliphatic rings. The summed E-state index contributed by atoms with van der Waals surface area (Å²) in [4.78, 5) is 28.5. The molecule has 5 nitrogen and oxygen atoms in total. The molecule has 0 unspecified atom stereocenters. The number of amides is 2. The Morgan fingerprint density at radius 2 is 1.74 bits per heavy atom. The van der Waals surface area contributed by atoms with Crippen molar-refractivity contribution in [3.05, 3.63) is 0 Å². The minimum Gasteiger partial charge on any atom is -0.369 e. The maximum Gasteiger partial charge on any atom is 0.266 e. The second-order valence-corrected chi connectivity index (χ2v) is 6.70. The van der Waals surface area contributed by atoms with E-state index >= 15 is 0 Å². The van der Waals surface area contributed by atoms with Gasteiger partial charge in [0.25, 0.3) is 6.43 Å². The predicted molar refractivity (Wildman–Crippen MR) is 79.0 cm³/mol. The largest absolute Gasteiger partial charge is 0.369 e. The van der Waals surface area contributed by atoms with Gasteiger partial charge in [0.2, 0.25) is 11.8 Å².